The lowest BCUT2D eigenvalue weighted by Crippen LogP contribution is -2.20. The molecule has 168 valence electrons. The maximum Gasteiger partial charge on any atom is 0.124 e. The molecule has 0 saturated heterocycles. The van der Waals surface area contributed by atoms with E-state index in [4.69, 9.17) is 19.2 Å². The second-order valence-corrected chi connectivity index (χ2v) is 7.88. The largest absolute Gasteiger partial charge is 0.497 e. The summed E-state index contributed by atoms with van der Waals surface area (Å²) in [5.74, 6) is 1.49. The van der Waals surface area contributed by atoms with Gasteiger partial charge in [0.1, 0.15) is 11.5 Å². The summed E-state index contributed by atoms with van der Waals surface area (Å²) >= 11 is 0. The Morgan fingerprint density at radius 1 is 0.969 bits per heavy atom. The lowest BCUT2D eigenvalue weighted by Gasteiger charge is -2.26. The van der Waals surface area contributed by atoms with E-state index in [1.165, 1.54) is 5.57 Å². The molecule has 0 saturated carbocycles. The van der Waals surface area contributed by atoms with Crippen LogP contribution in [-0.2, 0) is 4.74 Å². The molecule has 0 spiro atoms. The Morgan fingerprint density at radius 2 is 1.75 bits per heavy atom. The Bertz CT molecular complexity index is 1090. The molecular weight excluding hydrogens is 404 g/mol. The number of hydrogen-bond donors (Lipinski definition) is 0. The van der Waals surface area contributed by atoms with Crippen molar-refractivity contribution >= 4 is 28.0 Å². The number of fused-ring (bicyclic) bond motifs is 1. The highest BCUT2D eigenvalue weighted by Gasteiger charge is 2.16. The van der Waals surface area contributed by atoms with Crippen LogP contribution >= 0.6 is 0 Å². The first-order valence-corrected chi connectivity index (χ1v) is 10.8. The highest BCUT2D eigenvalue weighted by atomic mass is 16.5. The van der Waals surface area contributed by atoms with Crippen LogP contribution in [0.5, 0.6) is 11.5 Å². The Morgan fingerprint density at radius 3 is 2.41 bits per heavy atom. The Hall–Kier alpha value is -3.32. The minimum absolute atomic E-state index is 0.677. The van der Waals surface area contributed by atoms with Gasteiger partial charge in [-0.25, -0.2) is 4.98 Å². The Labute approximate surface area is 189 Å². The van der Waals surface area contributed by atoms with Gasteiger partial charge in [-0.05, 0) is 36.6 Å². The topological polar surface area (TPSA) is 60.0 Å². The quantitative estimate of drug-likeness (QED) is 0.460. The second-order valence-electron chi connectivity index (χ2n) is 7.88. The average Bonchev–Trinajstić information content (AvgIpc) is 3.27. The van der Waals surface area contributed by atoms with Gasteiger partial charge >= 0.3 is 0 Å². The lowest BCUT2D eigenvalue weighted by atomic mass is 10.1. The van der Waals surface area contributed by atoms with Gasteiger partial charge in [0.2, 0.25) is 0 Å². The smallest absolute Gasteiger partial charge is 0.124 e. The van der Waals surface area contributed by atoms with Crippen LogP contribution in [-0.4, -0.2) is 62.9 Å². The third-order valence-corrected chi connectivity index (χ3v) is 5.65. The van der Waals surface area contributed by atoms with Crippen LogP contribution in [0, 0.1) is 0 Å². The molecule has 0 amide bonds. The van der Waals surface area contributed by atoms with E-state index in [1.54, 1.807) is 21.3 Å². The summed E-state index contributed by atoms with van der Waals surface area (Å²) < 4.78 is 16.3. The summed E-state index contributed by atoms with van der Waals surface area (Å²) in [6.45, 7) is 2.47. The van der Waals surface area contributed by atoms with Gasteiger partial charge < -0.3 is 24.0 Å². The molecule has 0 fully saturated rings. The first kappa shape index (κ1) is 21.9. The van der Waals surface area contributed by atoms with Gasteiger partial charge in [0.05, 0.1) is 37.1 Å². The summed E-state index contributed by atoms with van der Waals surface area (Å²) in [6, 6.07) is 12.1. The van der Waals surface area contributed by atoms with E-state index in [1.807, 2.05) is 30.5 Å². The highest BCUT2D eigenvalue weighted by Crippen LogP contribution is 2.34. The molecule has 7 nitrogen and oxygen atoms in total. The van der Waals surface area contributed by atoms with E-state index in [9.17, 15) is 0 Å². The lowest BCUT2D eigenvalue weighted by molar-refractivity contribution is 0.196. The third-order valence-electron chi connectivity index (χ3n) is 5.65. The first-order valence-electron chi connectivity index (χ1n) is 10.8. The zero-order valence-electron chi connectivity index (χ0n) is 19.2. The number of hydrogen-bond acceptors (Lipinski definition) is 7. The van der Waals surface area contributed by atoms with Crippen molar-refractivity contribution in [2.45, 2.75) is 12.8 Å². The number of anilines is 2. The number of aromatic nitrogens is 2. The Balaban J connectivity index is 1.74. The summed E-state index contributed by atoms with van der Waals surface area (Å²) in [7, 11) is 7.13. The van der Waals surface area contributed by atoms with Crippen molar-refractivity contribution in [1.29, 1.82) is 0 Å². The van der Waals surface area contributed by atoms with Crippen LogP contribution in [0.25, 0.3) is 16.6 Å². The molecular formula is C25H30N4O3. The molecule has 0 N–H and O–H groups in total. The summed E-state index contributed by atoms with van der Waals surface area (Å²) in [5.41, 5.74) is 5.94. The molecule has 0 unspecified atom stereocenters. The summed E-state index contributed by atoms with van der Waals surface area (Å²) in [6.07, 6.45) is 5.89. The zero-order valence-corrected chi connectivity index (χ0v) is 19.2. The molecule has 0 radical (unpaired) electrons. The molecule has 1 aromatic heterocycles. The van der Waals surface area contributed by atoms with E-state index in [2.05, 4.69) is 40.2 Å². The van der Waals surface area contributed by atoms with Crippen molar-refractivity contribution in [2.75, 3.05) is 53.0 Å². The van der Waals surface area contributed by atoms with Crippen molar-refractivity contribution < 1.29 is 14.2 Å². The normalized spacial score (nSPS) is 13.4. The van der Waals surface area contributed by atoms with Crippen LogP contribution in [0.15, 0.2) is 48.8 Å². The molecule has 2 heterocycles. The molecule has 0 atom stereocenters. The predicted molar refractivity (Wildman–Crippen MR) is 128 cm³/mol. The highest BCUT2D eigenvalue weighted by molar-refractivity contribution is 5.82. The number of rotatable bonds is 9. The molecule has 32 heavy (non-hydrogen) atoms. The molecule has 0 aliphatic carbocycles. The fourth-order valence-corrected chi connectivity index (χ4v) is 3.93. The van der Waals surface area contributed by atoms with Gasteiger partial charge in [-0.2, -0.15) is 0 Å². The van der Waals surface area contributed by atoms with Gasteiger partial charge in [-0.1, -0.05) is 0 Å². The van der Waals surface area contributed by atoms with Gasteiger partial charge in [-0.15, -0.1) is 0 Å². The van der Waals surface area contributed by atoms with Crippen LogP contribution in [0.1, 0.15) is 18.5 Å². The minimum Gasteiger partial charge on any atom is -0.497 e. The van der Waals surface area contributed by atoms with Gasteiger partial charge in [0.15, 0.2) is 0 Å². The van der Waals surface area contributed by atoms with Crippen molar-refractivity contribution in [3.05, 3.63) is 54.5 Å². The first-order chi connectivity index (χ1) is 15.6. The number of benzene rings is 2. The number of methoxy groups -OCH3 is 3. The average molecular weight is 435 g/mol. The van der Waals surface area contributed by atoms with Crippen LogP contribution in [0.3, 0.4) is 0 Å². The molecule has 4 rings (SSSR count). The van der Waals surface area contributed by atoms with Crippen molar-refractivity contribution in [2.24, 2.45) is 0 Å². The van der Waals surface area contributed by atoms with Crippen molar-refractivity contribution in [3.63, 3.8) is 0 Å². The van der Waals surface area contributed by atoms with Crippen molar-refractivity contribution in [1.82, 2.24) is 14.9 Å². The summed E-state index contributed by atoms with van der Waals surface area (Å²) in [5, 5.41) is 0. The number of nitrogens with zero attached hydrogens (tertiary/aromatic N) is 4. The van der Waals surface area contributed by atoms with E-state index < -0.39 is 0 Å². The van der Waals surface area contributed by atoms with E-state index in [0.29, 0.717) is 6.61 Å². The van der Waals surface area contributed by atoms with Crippen LogP contribution in [0.2, 0.25) is 0 Å². The van der Waals surface area contributed by atoms with E-state index in [-0.39, 0.29) is 0 Å². The third kappa shape index (κ3) is 4.78. The van der Waals surface area contributed by atoms with E-state index in [0.717, 1.165) is 65.5 Å². The molecule has 1 aliphatic heterocycles. The predicted octanol–water partition coefficient (Wildman–Crippen LogP) is 4.50. The zero-order chi connectivity index (χ0) is 22.5. The SMILES string of the molecule is COCCCN(c1cc(OC)cc(OC)c1)c1ccc2ncc(C3=CN(C)CC3)nc2c1. The Kier molecular flexibility index (Phi) is 6.75. The minimum atomic E-state index is 0.677. The van der Waals surface area contributed by atoms with Gasteiger partial charge in [0.25, 0.3) is 0 Å². The van der Waals surface area contributed by atoms with Crippen LogP contribution < -0.4 is 14.4 Å². The molecule has 7 heteroatoms. The standard InChI is InChI=1S/C25H30N4O3/c1-28-10-8-18(17-28)25-16-26-23-7-6-19(14-24(23)27-25)29(9-5-11-30-2)20-12-21(31-3)15-22(13-20)32-4/h6-7,12-17H,5,8-11H2,1-4H3. The van der Waals surface area contributed by atoms with Crippen molar-refractivity contribution in [3.8, 4) is 11.5 Å². The molecule has 1 aliphatic rings. The van der Waals surface area contributed by atoms with Gasteiger partial charge in [-0.3, -0.25) is 4.98 Å². The number of ether oxygens (including phenoxy) is 3. The fraction of sp³-hybridized carbons (Fsp3) is 0.360. The second kappa shape index (κ2) is 9.87. The fourth-order valence-electron chi connectivity index (χ4n) is 3.93. The maximum absolute atomic E-state index is 5.50. The monoisotopic (exact) mass is 434 g/mol. The van der Waals surface area contributed by atoms with E-state index >= 15 is 0 Å². The maximum atomic E-state index is 5.50. The molecule has 3 aromatic rings. The van der Waals surface area contributed by atoms with Crippen LogP contribution in [0.4, 0.5) is 11.4 Å². The summed E-state index contributed by atoms with van der Waals surface area (Å²) in [4.78, 5) is 14.0. The molecule has 2 aromatic carbocycles. The molecule has 0 bridgehead atoms. The van der Waals surface area contributed by atoms with Gasteiger partial charge in [0, 0.05) is 69.6 Å².